The number of benzene rings is 1. The third-order valence-electron chi connectivity index (χ3n) is 6.60. The Morgan fingerprint density at radius 2 is 1.94 bits per heavy atom. The Morgan fingerprint density at radius 3 is 2.64 bits per heavy atom. The molecule has 1 fully saturated rings. The normalized spacial score (nSPS) is 17.9. The third kappa shape index (κ3) is 4.99. The lowest BCUT2D eigenvalue weighted by Gasteiger charge is -2.33. The van der Waals surface area contributed by atoms with E-state index in [9.17, 15) is 14.4 Å². The van der Waals surface area contributed by atoms with Crippen LogP contribution in [0, 0.1) is 12.8 Å². The maximum Gasteiger partial charge on any atom is 0.336 e. The fraction of sp³-hybridized carbons (Fsp3) is 0.560. The smallest absolute Gasteiger partial charge is 0.336 e. The van der Waals surface area contributed by atoms with Gasteiger partial charge in [0.25, 0.3) is 5.91 Å². The van der Waals surface area contributed by atoms with E-state index >= 15 is 0 Å². The molecule has 1 amide bonds. The third-order valence-corrected chi connectivity index (χ3v) is 6.60. The van der Waals surface area contributed by atoms with Crippen LogP contribution in [-0.4, -0.2) is 49.2 Å². The minimum absolute atomic E-state index is 0.117. The highest BCUT2D eigenvalue weighted by Gasteiger charge is 2.31. The van der Waals surface area contributed by atoms with Gasteiger partial charge in [0.15, 0.2) is 6.61 Å². The summed E-state index contributed by atoms with van der Waals surface area (Å²) in [6.45, 7) is 6.90. The van der Waals surface area contributed by atoms with Crippen molar-refractivity contribution in [1.29, 1.82) is 0 Å². The van der Waals surface area contributed by atoms with Crippen LogP contribution in [0.4, 0.5) is 0 Å². The monoisotopic (exact) mass is 457 g/mol. The second kappa shape index (κ2) is 9.08. The molecule has 0 aliphatic carbocycles. The number of methoxy groups -OCH3 is 1. The van der Waals surface area contributed by atoms with Crippen molar-refractivity contribution in [2.24, 2.45) is 5.92 Å². The van der Waals surface area contributed by atoms with Gasteiger partial charge in [-0.3, -0.25) is 9.59 Å². The van der Waals surface area contributed by atoms with Crippen LogP contribution in [0.3, 0.4) is 0 Å². The number of carbonyl (C=O) groups excluding carboxylic acids is 2. The molecular weight excluding hydrogens is 426 g/mol. The molecule has 1 saturated heterocycles. The molecule has 4 rings (SSSR count). The topological polar surface area (TPSA) is 95.3 Å². The number of aryl methyl sites for hydroxylation is 2. The van der Waals surface area contributed by atoms with Crippen LogP contribution >= 0.6 is 0 Å². The molecule has 0 spiro atoms. The highest BCUT2D eigenvalue weighted by Crippen LogP contribution is 2.42. The molecule has 0 radical (unpaired) electrons. The quantitative estimate of drug-likeness (QED) is 0.502. The van der Waals surface area contributed by atoms with Gasteiger partial charge in [0.1, 0.15) is 22.7 Å². The standard InChI is InChI=1S/C25H31NO7/c1-15-11-22(29)32-24-17-5-8-25(2,3)33-18(17)13-19(23(15)24)31-14-20(27)26-9-6-16(7-10-26)12-21(28)30-4/h11,13,16H,5-10,12,14H2,1-4H3. The van der Waals surface area contributed by atoms with Crippen molar-refractivity contribution in [3.63, 3.8) is 0 Å². The highest BCUT2D eigenvalue weighted by atomic mass is 16.5. The zero-order valence-electron chi connectivity index (χ0n) is 19.7. The number of ether oxygens (including phenoxy) is 3. The zero-order chi connectivity index (χ0) is 23.8. The summed E-state index contributed by atoms with van der Waals surface area (Å²) in [5.41, 5.74) is 1.30. The van der Waals surface area contributed by atoms with Crippen LogP contribution in [-0.2, 0) is 20.7 Å². The van der Waals surface area contributed by atoms with Gasteiger partial charge in [0.2, 0.25) is 0 Å². The Hall–Kier alpha value is -3.03. The summed E-state index contributed by atoms with van der Waals surface area (Å²) in [5.74, 6) is 0.997. The fourth-order valence-electron chi connectivity index (χ4n) is 4.67. The summed E-state index contributed by atoms with van der Waals surface area (Å²) < 4.78 is 22.5. The Labute approximate surface area is 192 Å². The molecule has 8 heteroatoms. The number of piperidine rings is 1. The predicted molar refractivity (Wildman–Crippen MR) is 122 cm³/mol. The number of carbonyl (C=O) groups is 2. The molecule has 0 N–H and O–H groups in total. The molecule has 178 valence electrons. The molecule has 1 aromatic carbocycles. The molecule has 0 bridgehead atoms. The van der Waals surface area contributed by atoms with Gasteiger partial charge in [-0.05, 0) is 57.9 Å². The Bertz CT molecular complexity index is 1130. The molecule has 0 atom stereocenters. The van der Waals surface area contributed by atoms with Crippen molar-refractivity contribution < 1.29 is 28.2 Å². The average molecular weight is 458 g/mol. The number of rotatable bonds is 5. The number of amides is 1. The maximum atomic E-state index is 12.8. The molecule has 2 aliphatic rings. The number of fused-ring (bicyclic) bond motifs is 3. The molecule has 0 unspecified atom stereocenters. The SMILES string of the molecule is COC(=O)CC1CCN(C(=O)COc2cc3c(c4oc(=O)cc(C)c24)CCC(C)(C)O3)CC1. The van der Waals surface area contributed by atoms with Gasteiger partial charge in [-0.1, -0.05) is 0 Å². The summed E-state index contributed by atoms with van der Waals surface area (Å²) in [6, 6.07) is 3.24. The minimum atomic E-state index is -0.421. The maximum absolute atomic E-state index is 12.8. The van der Waals surface area contributed by atoms with Crippen molar-refractivity contribution in [2.45, 2.75) is 58.5 Å². The summed E-state index contributed by atoms with van der Waals surface area (Å²) >= 11 is 0. The van der Waals surface area contributed by atoms with E-state index < -0.39 is 5.63 Å². The first kappa shape index (κ1) is 23.1. The molecular formula is C25H31NO7. The van der Waals surface area contributed by atoms with Crippen LogP contribution in [0.2, 0.25) is 0 Å². The van der Waals surface area contributed by atoms with Crippen molar-refractivity contribution in [1.82, 2.24) is 4.90 Å². The fourth-order valence-corrected chi connectivity index (χ4v) is 4.67. The molecule has 2 aromatic rings. The first-order valence-corrected chi connectivity index (χ1v) is 11.4. The summed E-state index contributed by atoms with van der Waals surface area (Å²) in [7, 11) is 1.39. The average Bonchev–Trinajstić information content (AvgIpc) is 2.76. The molecule has 1 aromatic heterocycles. The van der Waals surface area contributed by atoms with Crippen molar-refractivity contribution in [3.05, 3.63) is 33.7 Å². The lowest BCUT2D eigenvalue weighted by molar-refractivity contribution is -0.142. The van der Waals surface area contributed by atoms with Crippen LogP contribution in [0.5, 0.6) is 11.5 Å². The zero-order valence-corrected chi connectivity index (χ0v) is 19.7. The Balaban J connectivity index is 1.52. The largest absolute Gasteiger partial charge is 0.487 e. The number of nitrogens with zero attached hydrogens (tertiary/aromatic N) is 1. The van der Waals surface area contributed by atoms with Crippen molar-refractivity contribution in [2.75, 3.05) is 26.8 Å². The Morgan fingerprint density at radius 1 is 1.21 bits per heavy atom. The number of likely N-dealkylation sites (tertiary alicyclic amines) is 1. The first-order valence-electron chi connectivity index (χ1n) is 11.4. The van der Waals surface area contributed by atoms with Gasteiger partial charge in [-0.25, -0.2) is 4.79 Å². The van der Waals surface area contributed by atoms with Gasteiger partial charge in [0, 0.05) is 37.2 Å². The first-order chi connectivity index (χ1) is 15.7. The second-order valence-corrected chi connectivity index (χ2v) is 9.56. The van der Waals surface area contributed by atoms with Crippen LogP contribution in [0.15, 0.2) is 21.3 Å². The van der Waals surface area contributed by atoms with Crippen LogP contribution < -0.4 is 15.1 Å². The van der Waals surface area contributed by atoms with E-state index in [1.807, 2.05) is 20.8 Å². The summed E-state index contributed by atoms with van der Waals surface area (Å²) in [5, 5.41) is 0.696. The molecule has 0 saturated carbocycles. The van der Waals surface area contributed by atoms with E-state index in [2.05, 4.69) is 0 Å². The van der Waals surface area contributed by atoms with E-state index in [-0.39, 0.29) is 30.0 Å². The van der Waals surface area contributed by atoms with E-state index in [1.54, 1.807) is 11.0 Å². The summed E-state index contributed by atoms with van der Waals surface area (Å²) in [6.07, 6.45) is 3.44. The lowest BCUT2D eigenvalue weighted by Crippen LogP contribution is -2.41. The van der Waals surface area contributed by atoms with E-state index in [0.29, 0.717) is 42.0 Å². The number of hydrogen-bond acceptors (Lipinski definition) is 7. The van der Waals surface area contributed by atoms with Gasteiger partial charge in [-0.15, -0.1) is 0 Å². The lowest BCUT2D eigenvalue weighted by atomic mass is 9.92. The van der Waals surface area contributed by atoms with E-state index in [4.69, 9.17) is 18.6 Å². The Kier molecular flexibility index (Phi) is 6.36. The van der Waals surface area contributed by atoms with Gasteiger partial charge in [-0.2, -0.15) is 0 Å². The number of esters is 1. The van der Waals surface area contributed by atoms with Crippen LogP contribution in [0.1, 0.15) is 50.7 Å². The molecule has 2 aliphatic heterocycles. The van der Waals surface area contributed by atoms with Crippen LogP contribution in [0.25, 0.3) is 11.0 Å². The summed E-state index contributed by atoms with van der Waals surface area (Å²) in [4.78, 5) is 38.2. The van der Waals surface area contributed by atoms with Gasteiger partial charge in [0.05, 0.1) is 12.5 Å². The highest BCUT2D eigenvalue weighted by molar-refractivity contribution is 5.91. The molecule has 3 heterocycles. The minimum Gasteiger partial charge on any atom is -0.487 e. The van der Waals surface area contributed by atoms with E-state index in [1.165, 1.54) is 13.2 Å². The van der Waals surface area contributed by atoms with E-state index in [0.717, 1.165) is 36.8 Å². The second-order valence-electron chi connectivity index (χ2n) is 9.56. The number of hydrogen-bond donors (Lipinski definition) is 0. The van der Waals surface area contributed by atoms with Gasteiger partial charge < -0.3 is 23.5 Å². The van der Waals surface area contributed by atoms with Gasteiger partial charge >= 0.3 is 11.6 Å². The molecule has 33 heavy (non-hydrogen) atoms. The van der Waals surface area contributed by atoms with Crippen molar-refractivity contribution >= 4 is 22.8 Å². The molecule has 8 nitrogen and oxygen atoms in total. The predicted octanol–water partition coefficient (Wildman–Crippen LogP) is 3.39. The van der Waals surface area contributed by atoms with Crippen molar-refractivity contribution in [3.8, 4) is 11.5 Å².